The summed E-state index contributed by atoms with van der Waals surface area (Å²) in [4.78, 5) is 20.1. The monoisotopic (exact) mass is 786 g/mol. The average molecular weight is 787 g/mol. The Kier molecular flexibility index (Phi) is 10.4. The van der Waals surface area contributed by atoms with Gasteiger partial charge in [-0.3, -0.25) is 9.69 Å². The van der Waals surface area contributed by atoms with Crippen molar-refractivity contribution >= 4 is 59.5 Å². The van der Waals surface area contributed by atoms with Crippen molar-refractivity contribution in [2.45, 2.75) is 42.9 Å². The van der Waals surface area contributed by atoms with Crippen molar-refractivity contribution in [3.63, 3.8) is 0 Å². The Balaban J connectivity index is 1.25. The molecule has 1 aromatic heterocycles. The van der Waals surface area contributed by atoms with Crippen LogP contribution in [0, 0.1) is 5.41 Å². The third-order valence-electron chi connectivity index (χ3n) is 10.2. The molecule has 54 heavy (non-hydrogen) atoms. The van der Waals surface area contributed by atoms with Crippen LogP contribution >= 0.6 is 11.6 Å². The summed E-state index contributed by atoms with van der Waals surface area (Å²) >= 11 is 6.23. The molecule has 2 N–H and O–H groups in total. The van der Waals surface area contributed by atoms with Crippen molar-refractivity contribution in [2.24, 2.45) is 5.41 Å². The number of hydrogen-bond donors (Lipinski definition) is 2. The number of benzene rings is 4. The fraction of sp³-hybridized carbons (Fsp3) is 0.293. The van der Waals surface area contributed by atoms with Crippen molar-refractivity contribution in [3.05, 3.63) is 119 Å². The number of ether oxygens (including phenoxy) is 1. The molecule has 0 bridgehead atoms. The van der Waals surface area contributed by atoms with E-state index >= 15 is 0 Å². The second kappa shape index (κ2) is 14.9. The fourth-order valence-electron chi connectivity index (χ4n) is 7.35. The van der Waals surface area contributed by atoms with Crippen LogP contribution in [0.3, 0.4) is 0 Å². The molecule has 7 rings (SSSR count). The molecule has 4 aromatic carbocycles. The lowest BCUT2D eigenvalue weighted by molar-refractivity contribution is 0.0981. The van der Waals surface area contributed by atoms with E-state index in [0.29, 0.717) is 37.0 Å². The first kappa shape index (κ1) is 37.7. The minimum absolute atomic E-state index is 0.0655. The number of piperazine rings is 1. The molecule has 1 aliphatic carbocycles. The summed E-state index contributed by atoms with van der Waals surface area (Å²) in [6.07, 6.45) is 5.88. The number of halogens is 1. The number of amides is 1. The Morgan fingerprint density at radius 1 is 0.889 bits per heavy atom. The number of aromatic nitrogens is 1. The maximum atomic E-state index is 14.1. The number of hydrogen-bond acceptors (Lipinski definition) is 8. The van der Waals surface area contributed by atoms with Gasteiger partial charge in [-0.05, 0) is 96.5 Å². The molecule has 0 saturated carbocycles. The van der Waals surface area contributed by atoms with E-state index in [1.807, 2.05) is 23.1 Å². The van der Waals surface area contributed by atoms with E-state index in [0.717, 1.165) is 43.0 Å². The zero-order valence-electron chi connectivity index (χ0n) is 30.4. The number of rotatable bonds is 10. The number of sulfonamides is 1. The first-order valence-corrected chi connectivity index (χ1v) is 21.6. The molecule has 1 fully saturated rings. The van der Waals surface area contributed by atoms with Crippen molar-refractivity contribution in [2.75, 3.05) is 43.9 Å². The highest BCUT2D eigenvalue weighted by atomic mass is 35.5. The number of H-pyrrole nitrogens is 1. The van der Waals surface area contributed by atoms with Gasteiger partial charge in [0, 0.05) is 66.7 Å². The van der Waals surface area contributed by atoms with Crippen LogP contribution < -0.4 is 14.4 Å². The number of fused-ring (bicyclic) bond motifs is 1. The van der Waals surface area contributed by atoms with Gasteiger partial charge in [-0.2, -0.15) is 0 Å². The molecule has 10 nitrogen and oxygen atoms in total. The summed E-state index contributed by atoms with van der Waals surface area (Å²) in [6.45, 7) is 7.38. The SMILES string of the molecule is CC1(C)CCC(CN2CCN(c3c(S(C)(=O)=O)ccc(S(=O)(=O)NC(=O)c4ccccc4)c3Oc3ccc4[nH]ccc4c3)CC2)=C(c2ccc(Cl)cc2)C1. The highest BCUT2D eigenvalue weighted by Crippen LogP contribution is 2.45. The van der Waals surface area contributed by atoms with E-state index in [2.05, 4.69) is 40.6 Å². The van der Waals surface area contributed by atoms with E-state index in [1.165, 1.54) is 41.0 Å². The molecule has 5 aromatic rings. The van der Waals surface area contributed by atoms with Gasteiger partial charge in [0.15, 0.2) is 15.6 Å². The number of carbonyl (C=O) groups is 1. The molecular formula is C41H43ClN4O6S2. The van der Waals surface area contributed by atoms with Gasteiger partial charge < -0.3 is 14.6 Å². The van der Waals surface area contributed by atoms with Gasteiger partial charge >= 0.3 is 0 Å². The van der Waals surface area contributed by atoms with Gasteiger partial charge in [-0.25, -0.2) is 21.6 Å². The second-order valence-electron chi connectivity index (χ2n) is 14.8. The predicted molar refractivity (Wildman–Crippen MR) is 214 cm³/mol. The smallest absolute Gasteiger partial charge is 0.268 e. The molecular weight excluding hydrogens is 744 g/mol. The normalized spacial score (nSPS) is 16.8. The number of nitrogens with zero attached hydrogens (tertiary/aromatic N) is 2. The largest absolute Gasteiger partial charge is 0.454 e. The zero-order valence-corrected chi connectivity index (χ0v) is 32.8. The lowest BCUT2D eigenvalue weighted by Gasteiger charge is -2.40. The Morgan fingerprint density at radius 3 is 2.30 bits per heavy atom. The summed E-state index contributed by atoms with van der Waals surface area (Å²) in [5.41, 5.74) is 5.22. The number of carbonyl (C=O) groups excluding carboxylic acids is 1. The van der Waals surface area contributed by atoms with Gasteiger partial charge in [0.05, 0.1) is 4.90 Å². The maximum Gasteiger partial charge on any atom is 0.268 e. The van der Waals surface area contributed by atoms with Crippen LogP contribution in [0.25, 0.3) is 16.5 Å². The Morgan fingerprint density at radius 2 is 1.59 bits per heavy atom. The molecule has 0 radical (unpaired) electrons. The fourth-order valence-corrected chi connectivity index (χ4v) is 9.46. The summed E-state index contributed by atoms with van der Waals surface area (Å²) in [5.74, 6) is -0.687. The maximum absolute atomic E-state index is 14.1. The Hall–Kier alpha value is -4.62. The highest BCUT2D eigenvalue weighted by molar-refractivity contribution is 7.91. The van der Waals surface area contributed by atoms with Gasteiger partial charge in [0.25, 0.3) is 15.9 Å². The van der Waals surface area contributed by atoms with Crippen LogP contribution in [0.2, 0.25) is 5.02 Å². The van der Waals surface area contributed by atoms with Crippen LogP contribution in [0.15, 0.2) is 113 Å². The quantitative estimate of drug-likeness (QED) is 0.146. The summed E-state index contributed by atoms with van der Waals surface area (Å²) in [6, 6.07) is 25.6. The molecule has 282 valence electrons. The Bertz CT molecular complexity index is 2450. The number of anilines is 1. The molecule has 2 aliphatic rings. The van der Waals surface area contributed by atoms with Crippen LogP contribution in [0.4, 0.5) is 5.69 Å². The van der Waals surface area contributed by atoms with E-state index in [1.54, 1.807) is 42.6 Å². The van der Waals surface area contributed by atoms with Crippen LogP contribution in [0.1, 0.15) is 49.0 Å². The van der Waals surface area contributed by atoms with Crippen molar-refractivity contribution in [1.29, 1.82) is 0 Å². The average Bonchev–Trinajstić information content (AvgIpc) is 3.61. The molecule has 13 heteroatoms. The van der Waals surface area contributed by atoms with E-state index < -0.39 is 25.8 Å². The third kappa shape index (κ3) is 8.22. The second-order valence-corrected chi connectivity index (χ2v) is 18.9. The number of sulfone groups is 1. The zero-order chi connectivity index (χ0) is 38.3. The number of allylic oxidation sites excluding steroid dienone is 1. The minimum atomic E-state index is -4.57. The predicted octanol–water partition coefficient (Wildman–Crippen LogP) is 7.92. The highest BCUT2D eigenvalue weighted by Gasteiger charge is 2.34. The van der Waals surface area contributed by atoms with E-state index in [9.17, 15) is 21.6 Å². The van der Waals surface area contributed by atoms with Crippen LogP contribution in [0.5, 0.6) is 11.5 Å². The summed E-state index contributed by atoms with van der Waals surface area (Å²) < 4.78 is 63.6. The number of nitrogens with one attached hydrogen (secondary N) is 2. The van der Waals surface area contributed by atoms with Gasteiger partial charge in [0.1, 0.15) is 16.3 Å². The van der Waals surface area contributed by atoms with Crippen LogP contribution in [-0.4, -0.2) is 71.6 Å². The molecule has 0 atom stereocenters. The van der Waals surface area contributed by atoms with Gasteiger partial charge in [-0.15, -0.1) is 0 Å². The minimum Gasteiger partial charge on any atom is -0.454 e. The molecule has 2 heterocycles. The van der Waals surface area contributed by atoms with Crippen molar-refractivity contribution in [1.82, 2.24) is 14.6 Å². The van der Waals surface area contributed by atoms with Crippen molar-refractivity contribution in [3.8, 4) is 11.5 Å². The lowest BCUT2D eigenvalue weighted by Crippen LogP contribution is -2.47. The molecule has 1 amide bonds. The summed E-state index contributed by atoms with van der Waals surface area (Å²) in [5, 5.41) is 1.52. The molecule has 0 unspecified atom stereocenters. The molecule has 0 spiro atoms. The third-order valence-corrected chi connectivity index (χ3v) is 13.0. The topological polar surface area (TPSA) is 129 Å². The summed E-state index contributed by atoms with van der Waals surface area (Å²) in [7, 11) is -8.44. The molecule has 1 saturated heterocycles. The standard InChI is InChI=1S/C41H43ClN4O6S2/c1-41(2)19-17-31(34(26-41)28-9-11-32(42)12-10-28)27-45-21-23-46(24-22-45)38-36(53(3,48)49)15-16-37(54(50,51)44-40(47)29-7-5-4-6-8-29)39(38)52-33-13-14-35-30(25-33)18-20-43-35/h4-16,18,20,25,43H,17,19,21-24,26-27H2,1-3H3,(H,44,47). The van der Waals surface area contributed by atoms with Gasteiger partial charge in [-0.1, -0.05) is 61.4 Å². The first-order chi connectivity index (χ1) is 25.7. The van der Waals surface area contributed by atoms with Crippen molar-refractivity contribution < 1.29 is 26.4 Å². The van der Waals surface area contributed by atoms with Gasteiger partial charge in [0.2, 0.25) is 0 Å². The lowest BCUT2D eigenvalue weighted by atomic mass is 9.72. The first-order valence-electron chi connectivity index (χ1n) is 17.9. The van der Waals surface area contributed by atoms with Crippen LogP contribution in [-0.2, 0) is 19.9 Å². The Labute approximate surface area is 321 Å². The number of aromatic amines is 1. The van der Waals surface area contributed by atoms with E-state index in [-0.39, 0.29) is 32.2 Å². The van der Waals surface area contributed by atoms with E-state index in [4.69, 9.17) is 16.3 Å². The molecule has 1 aliphatic heterocycles.